The van der Waals surface area contributed by atoms with Gasteiger partial charge in [0, 0.05) is 19.4 Å². The van der Waals surface area contributed by atoms with E-state index in [1.165, 1.54) is 6.42 Å². The number of carbonyl (C=O) groups is 1. The van der Waals surface area contributed by atoms with Crippen LogP contribution in [0.25, 0.3) is 0 Å². The molecule has 6 heteroatoms. The third-order valence-electron chi connectivity index (χ3n) is 4.48. The molecule has 2 aromatic heterocycles. The zero-order valence-electron chi connectivity index (χ0n) is 14.7. The predicted molar refractivity (Wildman–Crippen MR) is 97.0 cm³/mol. The molecule has 1 aliphatic carbocycles. The van der Waals surface area contributed by atoms with Gasteiger partial charge in [-0.2, -0.15) is 0 Å². The van der Waals surface area contributed by atoms with Crippen molar-refractivity contribution in [2.75, 3.05) is 5.32 Å². The second-order valence-corrected chi connectivity index (χ2v) is 6.59. The molecule has 130 valence electrons. The van der Waals surface area contributed by atoms with Crippen molar-refractivity contribution in [3.63, 3.8) is 0 Å². The molecule has 2 N–H and O–H groups in total. The largest absolute Gasteiger partial charge is 0.339 e. The first-order valence-corrected chi connectivity index (χ1v) is 8.57. The third kappa shape index (κ3) is 4.38. The van der Waals surface area contributed by atoms with Crippen LogP contribution < -0.4 is 10.6 Å². The van der Waals surface area contributed by atoms with Crippen molar-refractivity contribution >= 4 is 11.7 Å². The predicted octanol–water partition coefficient (Wildman–Crippen LogP) is 3.00. The maximum absolute atomic E-state index is 12.5. The Kier molecular flexibility index (Phi) is 5.03. The number of imidazole rings is 1. The first-order valence-electron chi connectivity index (χ1n) is 8.57. The van der Waals surface area contributed by atoms with Crippen molar-refractivity contribution < 1.29 is 4.79 Å². The molecular weight excluding hydrogens is 314 g/mol. The van der Waals surface area contributed by atoms with E-state index in [9.17, 15) is 4.79 Å². The van der Waals surface area contributed by atoms with Gasteiger partial charge in [0.2, 0.25) is 0 Å². The van der Waals surface area contributed by atoms with Crippen molar-refractivity contribution in [2.45, 2.75) is 44.6 Å². The standard InChI is InChI=1S/C19H23N5O/c1-15-7-11-20-12-17(15)22-18(25)23-19(8-4-3-5-9-19)10-6-16-13-24(2)14-21-16/h7,11-14H,3-5,8-9H2,1-2H3,(H2,22,23,25). The molecule has 6 nitrogen and oxygen atoms in total. The van der Waals surface area contributed by atoms with Crippen LogP contribution in [0.1, 0.15) is 43.4 Å². The minimum atomic E-state index is -0.504. The van der Waals surface area contributed by atoms with E-state index in [-0.39, 0.29) is 6.03 Å². The van der Waals surface area contributed by atoms with E-state index >= 15 is 0 Å². The van der Waals surface area contributed by atoms with Gasteiger partial charge in [-0.3, -0.25) is 4.98 Å². The van der Waals surface area contributed by atoms with E-state index in [1.807, 2.05) is 30.8 Å². The van der Waals surface area contributed by atoms with Gasteiger partial charge in [-0.15, -0.1) is 0 Å². The van der Waals surface area contributed by atoms with Gasteiger partial charge in [0.1, 0.15) is 11.2 Å². The Hall–Kier alpha value is -2.81. The van der Waals surface area contributed by atoms with E-state index in [0.29, 0.717) is 5.69 Å². The fraction of sp³-hybridized carbons (Fsp3) is 0.421. The highest BCUT2D eigenvalue weighted by atomic mass is 16.2. The number of aromatic nitrogens is 3. The smallest absolute Gasteiger partial charge is 0.320 e. The lowest BCUT2D eigenvalue weighted by Gasteiger charge is -2.33. The number of hydrogen-bond donors (Lipinski definition) is 2. The van der Waals surface area contributed by atoms with Crippen molar-refractivity contribution in [1.29, 1.82) is 0 Å². The monoisotopic (exact) mass is 337 g/mol. The molecule has 2 heterocycles. The number of anilines is 1. The van der Waals surface area contributed by atoms with Gasteiger partial charge in [-0.25, -0.2) is 9.78 Å². The summed E-state index contributed by atoms with van der Waals surface area (Å²) in [6, 6.07) is 1.63. The van der Waals surface area contributed by atoms with E-state index < -0.39 is 5.54 Å². The Morgan fingerprint density at radius 3 is 2.80 bits per heavy atom. The molecule has 1 aliphatic rings. The molecule has 1 fully saturated rings. The van der Waals surface area contributed by atoms with Crippen LogP contribution in [0.2, 0.25) is 0 Å². The van der Waals surface area contributed by atoms with Crippen LogP contribution in [0.4, 0.5) is 10.5 Å². The van der Waals surface area contributed by atoms with Crippen molar-refractivity contribution in [1.82, 2.24) is 19.9 Å². The minimum absolute atomic E-state index is 0.242. The van der Waals surface area contributed by atoms with Crippen LogP contribution in [0, 0.1) is 18.8 Å². The Labute approximate surface area is 148 Å². The second-order valence-electron chi connectivity index (χ2n) is 6.59. The highest BCUT2D eigenvalue weighted by Crippen LogP contribution is 2.28. The van der Waals surface area contributed by atoms with E-state index in [4.69, 9.17) is 0 Å². The van der Waals surface area contributed by atoms with Gasteiger partial charge < -0.3 is 15.2 Å². The second kappa shape index (κ2) is 7.39. The SMILES string of the molecule is Cc1ccncc1NC(=O)NC1(C#Cc2cn(C)cn2)CCCCC1. The molecule has 0 atom stereocenters. The fourth-order valence-electron chi connectivity index (χ4n) is 3.06. The molecular formula is C19H23N5O. The average Bonchev–Trinajstić information content (AvgIpc) is 3.02. The van der Waals surface area contributed by atoms with Gasteiger partial charge in [0.05, 0.1) is 18.2 Å². The number of pyridine rings is 1. The van der Waals surface area contributed by atoms with Crippen molar-refractivity contribution in [3.8, 4) is 11.8 Å². The van der Waals surface area contributed by atoms with Crippen LogP contribution in [0.15, 0.2) is 31.0 Å². The fourth-order valence-corrected chi connectivity index (χ4v) is 3.06. The summed E-state index contributed by atoms with van der Waals surface area (Å²) >= 11 is 0. The molecule has 25 heavy (non-hydrogen) atoms. The molecule has 1 saturated carbocycles. The quantitative estimate of drug-likeness (QED) is 0.828. The summed E-state index contributed by atoms with van der Waals surface area (Å²) in [5, 5.41) is 5.98. The summed E-state index contributed by atoms with van der Waals surface area (Å²) in [5.41, 5.74) is 1.90. The molecule has 0 spiro atoms. The highest BCUT2D eigenvalue weighted by Gasteiger charge is 2.32. The third-order valence-corrected chi connectivity index (χ3v) is 4.48. The van der Waals surface area contributed by atoms with Gasteiger partial charge in [0.25, 0.3) is 0 Å². The summed E-state index contributed by atoms with van der Waals surface area (Å²) in [4.78, 5) is 20.8. The zero-order valence-corrected chi connectivity index (χ0v) is 14.7. The first-order chi connectivity index (χ1) is 12.1. The lowest BCUT2D eigenvalue weighted by Crippen LogP contribution is -2.50. The topological polar surface area (TPSA) is 71.8 Å². The van der Waals surface area contributed by atoms with Crippen LogP contribution in [-0.4, -0.2) is 26.1 Å². The van der Waals surface area contributed by atoms with E-state index in [0.717, 1.165) is 36.9 Å². The van der Waals surface area contributed by atoms with Crippen molar-refractivity contribution in [2.24, 2.45) is 7.05 Å². The maximum Gasteiger partial charge on any atom is 0.320 e. The van der Waals surface area contributed by atoms with Gasteiger partial charge in [0.15, 0.2) is 0 Å². The molecule has 0 bridgehead atoms. The minimum Gasteiger partial charge on any atom is -0.339 e. The molecule has 0 unspecified atom stereocenters. The summed E-state index contributed by atoms with van der Waals surface area (Å²) in [6.07, 6.45) is 12.0. The van der Waals surface area contributed by atoms with Crippen molar-refractivity contribution in [3.05, 3.63) is 42.2 Å². The lowest BCUT2D eigenvalue weighted by molar-refractivity contribution is 0.234. The molecule has 0 radical (unpaired) electrons. The summed E-state index contributed by atoms with van der Waals surface area (Å²) in [6.45, 7) is 1.94. The molecule has 2 aromatic rings. The number of amides is 2. The Morgan fingerprint density at radius 1 is 1.32 bits per heavy atom. The summed E-state index contributed by atoms with van der Waals surface area (Å²) < 4.78 is 1.86. The molecule has 2 amide bonds. The van der Waals surface area contributed by atoms with Gasteiger partial charge in [-0.1, -0.05) is 25.2 Å². The van der Waals surface area contributed by atoms with Gasteiger partial charge >= 0.3 is 6.03 Å². The number of carbonyl (C=O) groups excluding carboxylic acids is 1. The van der Waals surface area contributed by atoms with Crippen LogP contribution >= 0.6 is 0 Å². The number of nitrogens with one attached hydrogen (secondary N) is 2. The van der Waals surface area contributed by atoms with Crippen LogP contribution in [0.5, 0.6) is 0 Å². The van der Waals surface area contributed by atoms with Gasteiger partial charge in [-0.05, 0) is 37.3 Å². The lowest BCUT2D eigenvalue weighted by atomic mass is 9.82. The van der Waals surface area contributed by atoms with E-state index in [2.05, 4.69) is 32.4 Å². The number of aryl methyl sites for hydroxylation is 2. The Bertz CT molecular complexity index is 808. The average molecular weight is 337 g/mol. The van der Waals surface area contributed by atoms with Crippen LogP contribution in [0.3, 0.4) is 0 Å². The molecule has 0 aliphatic heterocycles. The molecule has 3 rings (SSSR count). The Morgan fingerprint density at radius 2 is 2.12 bits per heavy atom. The number of rotatable bonds is 2. The number of hydrogen-bond acceptors (Lipinski definition) is 3. The van der Waals surface area contributed by atoms with E-state index in [1.54, 1.807) is 18.7 Å². The Balaban J connectivity index is 1.75. The molecule has 0 saturated heterocycles. The number of nitrogens with zero attached hydrogens (tertiary/aromatic N) is 3. The summed E-state index contributed by atoms with van der Waals surface area (Å²) in [7, 11) is 1.91. The maximum atomic E-state index is 12.5. The van der Waals surface area contributed by atoms with Crippen LogP contribution in [-0.2, 0) is 7.05 Å². The first kappa shape index (κ1) is 17.0. The number of urea groups is 1. The zero-order chi connectivity index (χ0) is 17.7. The molecule has 0 aromatic carbocycles. The highest BCUT2D eigenvalue weighted by molar-refractivity contribution is 5.90. The summed E-state index contributed by atoms with van der Waals surface area (Å²) in [5.74, 6) is 6.40. The normalized spacial score (nSPS) is 15.8.